The number of rotatable bonds is 7. The summed E-state index contributed by atoms with van der Waals surface area (Å²) < 4.78 is 6.88. The summed E-state index contributed by atoms with van der Waals surface area (Å²) in [5.74, 6) is 3.86. The lowest BCUT2D eigenvalue weighted by molar-refractivity contribution is -0.222. The molecule has 4 aliphatic carbocycles. The van der Waals surface area contributed by atoms with Crippen LogP contribution in [0.4, 0.5) is 0 Å². The summed E-state index contributed by atoms with van der Waals surface area (Å²) >= 11 is 0. The molecule has 0 aliphatic heterocycles. The largest absolute Gasteiger partial charge is 0.414 e. The van der Waals surface area contributed by atoms with Crippen LogP contribution in [-0.4, -0.2) is 36.8 Å². The van der Waals surface area contributed by atoms with Gasteiger partial charge in [0.15, 0.2) is 8.32 Å². The molecule has 2 N–H and O–H groups in total. The molecular formula is C33H62O3Si. The highest BCUT2D eigenvalue weighted by atomic mass is 28.4. The van der Waals surface area contributed by atoms with Crippen molar-refractivity contribution < 1.29 is 14.6 Å². The Morgan fingerprint density at radius 1 is 0.838 bits per heavy atom. The first kappa shape index (κ1) is 30.1. The Kier molecular flexibility index (Phi) is 8.53. The molecule has 0 bridgehead atoms. The Labute approximate surface area is 231 Å². The zero-order valence-corrected chi connectivity index (χ0v) is 27.1. The normalized spacial score (nSPS) is 45.3. The quantitative estimate of drug-likeness (QED) is 0.322. The fraction of sp³-hybridized carbons (Fsp3) is 1.00. The van der Waals surface area contributed by atoms with E-state index in [0.29, 0.717) is 17.3 Å². The summed E-state index contributed by atoms with van der Waals surface area (Å²) in [6.07, 6.45) is 11.4. The molecule has 4 aliphatic rings. The third kappa shape index (κ3) is 5.29. The van der Waals surface area contributed by atoms with E-state index in [0.717, 1.165) is 37.0 Å². The van der Waals surface area contributed by atoms with Crippen molar-refractivity contribution in [3.8, 4) is 0 Å². The van der Waals surface area contributed by atoms with E-state index in [4.69, 9.17) is 4.43 Å². The molecule has 1 unspecified atom stereocenters. The van der Waals surface area contributed by atoms with Crippen molar-refractivity contribution in [2.75, 3.05) is 0 Å². The van der Waals surface area contributed by atoms with Crippen LogP contribution >= 0.6 is 0 Å². The van der Waals surface area contributed by atoms with Crippen molar-refractivity contribution >= 4 is 8.32 Å². The van der Waals surface area contributed by atoms with E-state index >= 15 is 0 Å². The molecule has 4 saturated carbocycles. The summed E-state index contributed by atoms with van der Waals surface area (Å²) in [5.41, 5.74) is 0.448. The van der Waals surface area contributed by atoms with Gasteiger partial charge in [-0.15, -0.1) is 0 Å². The van der Waals surface area contributed by atoms with Crippen LogP contribution in [0.1, 0.15) is 120 Å². The molecule has 216 valence electrons. The molecule has 0 spiro atoms. The van der Waals surface area contributed by atoms with Crippen molar-refractivity contribution in [3.05, 3.63) is 0 Å². The van der Waals surface area contributed by atoms with Crippen LogP contribution in [0, 0.1) is 52.3 Å². The van der Waals surface area contributed by atoms with Crippen LogP contribution in [-0.2, 0) is 4.43 Å². The van der Waals surface area contributed by atoms with Crippen molar-refractivity contribution in [2.45, 2.75) is 156 Å². The number of hydrogen-bond donors (Lipinski definition) is 2. The molecule has 0 amide bonds. The maximum absolute atomic E-state index is 11.8. The third-order valence-corrected chi connectivity index (χ3v) is 17.7. The Morgan fingerprint density at radius 3 is 2.08 bits per heavy atom. The topological polar surface area (TPSA) is 49.7 Å². The van der Waals surface area contributed by atoms with Crippen LogP contribution in [0.2, 0.25) is 18.1 Å². The second-order valence-electron chi connectivity index (χ2n) is 16.7. The lowest BCUT2D eigenvalue weighted by Gasteiger charge is -2.64. The Bertz CT molecular complexity index is 789. The minimum Gasteiger partial charge on any atom is -0.414 e. The zero-order chi connectivity index (χ0) is 27.6. The second kappa shape index (κ2) is 10.5. The molecule has 3 nitrogen and oxygen atoms in total. The lowest BCUT2D eigenvalue weighted by Crippen LogP contribution is -2.64. The first-order valence-corrected chi connectivity index (χ1v) is 19.0. The van der Waals surface area contributed by atoms with Gasteiger partial charge in [-0.25, -0.2) is 0 Å². The second-order valence-corrected chi connectivity index (χ2v) is 21.4. The molecule has 4 rings (SSSR count). The van der Waals surface area contributed by atoms with Gasteiger partial charge >= 0.3 is 0 Å². The van der Waals surface area contributed by atoms with Gasteiger partial charge < -0.3 is 14.6 Å². The van der Waals surface area contributed by atoms with E-state index in [1.54, 1.807) is 0 Å². The van der Waals surface area contributed by atoms with Crippen molar-refractivity contribution in [1.82, 2.24) is 0 Å². The fourth-order valence-corrected chi connectivity index (χ4v) is 11.3. The highest BCUT2D eigenvalue weighted by molar-refractivity contribution is 6.74. The van der Waals surface area contributed by atoms with Gasteiger partial charge in [0, 0.05) is 6.10 Å². The number of hydrogen-bond acceptors (Lipinski definition) is 3. The number of fused-ring (bicyclic) bond motifs is 5. The predicted octanol–water partition coefficient (Wildman–Crippen LogP) is 8.44. The molecule has 0 aromatic rings. The van der Waals surface area contributed by atoms with E-state index in [2.05, 4.69) is 68.5 Å². The van der Waals surface area contributed by atoms with Gasteiger partial charge in [-0.1, -0.05) is 74.7 Å². The number of aliphatic hydroxyl groups is 2. The fourth-order valence-electron chi connectivity index (χ4n) is 9.95. The van der Waals surface area contributed by atoms with Crippen molar-refractivity contribution in [2.24, 2.45) is 52.3 Å². The Morgan fingerprint density at radius 2 is 1.46 bits per heavy atom. The molecular weight excluding hydrogens is 472 g/mol. The predicted molar refractivity (Wildman–Crippen MR) is 158 cm³/mol. The van der Waals surface area contributed by atoms with Crippen LogP contribution in [0.15, 0.2) is 0 Å². The lowest BCUT2D eigenvalue weighted by atomic mass is 9.43. The van der Waals surface area contributed by atoms with Gasteiger partial charge in [-0.05, 0) is 115 Å². The van der Waals surface area contributed by atoms with Gasteiger partial charge in [0.05, 0.1) is 12.2 Å². The minimum absolute atomic E-state index is 0.124. The maximum atomic E-state index is 11.8. The van der Waals surface area contributed by atoms with Crippen LogP contribution < -0.4 is 0 Å². The van der Waals surface area contributed by atoms with E-state index in [1.165, 1.54) is 44.9 Å². The highest BCUT2D eigenvalue weighted by Crippen LogP contribution is 2.68. The molecule has 0 saturated heterocycles. The number of aliphatic hydroxyl groups excluding tert-OH is 2. The molecule has 0 heterocycles. The average molecular weight is 535 g/mol. The summed E-state index contributed by atoms with van der Waals surface area (Å²) in [7, 11) is -1.85. The molecule has 0 radical (unpaired) electrons. The monoisotopic (exact) mass is 534 g/mol. The molecule has 4 heteroatoms. The first-order valence-electron chi connectivity index (χ1n) is 16.1. The molecule has 0 aromatic carbocycles. The van der Waals surface area contributed by atoms with Crippen molar-refractivity contribution in [3.63, 3.8) is 0 Å². The van der Waals surface area contributed by atoms with E-state index < -0.39 is 20.5 Å². The first-order chi connectivity index (χ1) is 17.0. The summed E-state index contributed by atoms with van der Waals surface area (Å²) in [6.45, 7) is 23.9. The minimum atomic E-state index is -1.85. The Balaban J connectivity index is 1.50. The molecule has 11 atom stereocenters. The Hall–Kier alpha value is 0.0969. The van der Waals surface area contributed by atoms with E-state index in [9.17, 15) is 10.2 Å². The SMILES string of the molecule is CC(C)CCCC(C)[C@H]1CC[C@H]2[C@@H]3[C@@H](O)[C@H](O)[C@H]4C[C@@H](O[Si](C)(C)C(C)(C)C)CC[C@]4(C)[C@H]3CC[C@]12C. The van der Waals surface area contributed by atoms with Crippen LogP contribution in [0.5, 0.6) is 0 Å². The summed E-state index contributed by atoms with van der Waals surface area (Å²) in [5, 5.41) is 23.7. The average Bonchev–Trinajstić information content (AvgIpc) is 3.14. The van der Waals surface area contributed by atoms with Gasteiger partial charge in [0.1, 0.15) is 0 Å². The zero-order valence-electron chi connectivity index (χ0n) is 26.1. The van der Waals surface area contributed by atoms with Gasteiger partial charge in [-0.3, -0.25) is 0 Å². The molecule has 0 aromatic heterocycles. The van der Waals surface area contributed by atoms with E-state index in [1.807, 2.05) is 0 Å². The molecule has 37 heavy (non-hydrogen) atoms. The summed E-state index contributed by atoms with van der Waals surface area (Å²) in [6, 6.07) is 0. The van der Waals surface area contributed by atoms with Gasteiger partial charge in [0.2, 0.25) is 0 Å². The van der Waals surface area contributed by atoms with E-state index in [-0.39, 0.29) is 28.4 Å². The van der Waals surface area contributed by atoms with Crippen molar-refractivity contribution in [1.29, 1.82) is 0 Å². The van der Waals surface area contributed by atoms with Gasteiger partial charge in [-0.2, -0.15) is 0 Å². The van der Waals surface area contributed by atoms with Crippen LogP contribution in [0.3, 0.4) is 0 Å². The smallest absolute Gasteiger partial charge is 0.192 e. The van der Waals surface area contributed by atoms with Crippen LogP contribution in [0.25, 0.3) is 0 Å². The maximum Gasteiger partial charge on any atom is 0.192 e. The summed E-state index contributed by atoms with van der Waals surface area (Å²) in [4.78, 5) is 0. The van der Waals surface area contributed by atoms with Gasteiger partial charge in [0.25, 0.3) is 0 Å². The highest BCUT2D eigenvalue weighted by Gasteiger charge is 2.65. The molecule has 4 fully saturated rings. The third-order valence-electron chi connectivity index (χ3n) is 13.2. The standard InChI is InChI=1S/C33H62O3Si/c1-21(2)12-11-13-22(3)24-14-15-25-28-26(17-19-32(24,25)7)33(8)18-16-23(20-27(33)29(34)30(28)35)36-37(9,10)31(4,5)6/h21-30,34-35H,11-20H2,1-10H3/t22?,23-,24+,25-,26-,27+,28-,29+,30+,32+,33+/m0/s1.